The topological polar surface area (TPSA) is 56.1 Å². The first kappa shape index (κ1) is 21.6. The van der Waals surface area contributed by atoms with Crippen molar-refractivity contribution >= 4 is 23.2 Å². The number of rotatable bonds is 5. The molecule has 1 amide bonds. The smallest absolute Gasteiger partial charge is 0.371 e. The summed E-state index contributed by atoms with van der Waals surface area (Å²) in [6, 6.07) is 11.8. The second-order valence-corrected chi connectivity index (χ2v) is 7.20. The summed E-state index contributed by atoms with van der Waals surface area (Å²) in [4.78, 5) is 14.2. The number of amides is 1. The van der Waals surface area contributed by atoms with Crippen LogP contribution in [0.4, 0.5) is 18.9 Å². The van der Waals surface area contributed by atoms with Gasteiger partial charge in [0.25, 0.3) is 0 Å². The first-order valence-corrected chi connectivity index (χ1v) is 8.70. The van der Waals surface area contributed by atoms with Gasteiger partial charge in [-0.2, -0.15) is 18.4 Å². The fraction of sp³-hybridized carbons (Fsp3) is 0.300. The number of anilines is 1. The zero-order valence-electron chi connectivity index (χ0n) is 15.6. The molecule has 0 aliphatic heterocycles. The van der Waals surface area contributed by atoms with Crippen molar-refractivity contribution in [2.75, 3.05) is 19.4 Å². The molecule has 0 saturated heterocycles. The molecular weight excluding hydrogens is 391 g/mol. The number of likely N-dealkylation sites (N-methyl/N-ethyl adjacent to an activating group) is 1. The molecule has 2 rings (SSSR count). The Morgan fingerprint density at radius 2 is 1.86 bits per heavy atom. The number of carbonyl (C=O) groups excluding carboxylic acids is 1. The molecule has 2 aromatic rings. The van der Waals surface area contributed by atoms with Crippen LogP contribution in [0, 0.1) is 11.3 Å². The van der Waals surface area contributed by atoms with Crippen LogP contribution in [0.25, 0.3) is 0 Å². The predicted octanol–water partition coefficient (Wildman–Crippen LogP) is 4.73. The average Bonchev–Trinajstić information content (AvgIpc) is 2.62. The van der Waals surface area contributed by atoms with Gasteiger partial charge < -0.3 is 10.2 Å². The lowest BCUT2D eigenvalue weighted by Crippen LogP contribution is -2.51. The lowest BCUT2D eigenvalue weighted by molar-refractivity contribution is -0.137. The fourth-order valence-electron chi connectivity index (χ4n) is 2.96. The number of hydrogen-bond acceptors (Lipinski definition) is 3. The van der Waals surface area contributed by atoms with E-state index in [-0.39, 0.29) is 18.0 Å². The third-order valence-corrected chi connectivity index (χ3v) is 4.61. The van der Waals surface area contributed by atoms with Crippen LogP contribution in [0.15, 0.2) is 42.5 Å². The number of halogens is 4. The van der Waals surface area contributed by atoms with Crippen molar-refractivity contribution < 1.29 is 18.0 Å². The highest BCUT2D eigenvalue weighted by molar-refractivity contribution is 6.31. The van der Waals surface area contributed by atoms with Crippen LogP contribution in [-0.4, -0.2) is 30.4 Å². The van der Waals surface area contributed by atoms with Gasteiger partial charge in [-0.05, 0) is 36.8 Å². The first-order valence-electron chi connectivity index (χ1n) is 8.32. The summed E-state index contributed by atoms with van der Waals surface area (Å²) in [7, 11) is 3.13. The number of nitriles is 1. The molecule has 0 bridgehead atoms. The highest BCUT2D eigenvalue weighted by Gasteiger charge is 2.37. The SMILES string of the molecule is CN(C)C(=O)[C@](C)(Cc1ccccc1Cl)Nc1ccc(C#N)c(C(F)(F)F)c1. The molecule has 0 unspecified atom stereocenters. The Morgan fingerprint density at radius 3 is 2.39 bits per heavy atom. The maximum atomic E-state index is 13.3. The van der Waals surface area contributed by atoms with E-state index in [2.05, 4.69) is 5.32 Å². The second-order valence-electron chi connectivity index (χ2n) is 6.79. The maximum Gasteiger partial charge on any atom is 0.417 e. The monoisotopic (exact) mass is 409 g/mol. The molecule has 0 radical (unpaired) electrons. The molecule has 0 saturated carbocycles. The van der Waals surface area contributed by atoms with Gasteiger partial charge in [-0.15, -0.1) is 0 Å². The van der Waals surface area contributed by atoms with Crippen molar-refractivity contribution in [3.05, 3.63) is 64.2 Å². The van der Waals surface area contributed by atoms with Gasteiger partial charge in [-0.1, -0.05) is 29.8 Å². The first-order chi connectivity index (χ1) is 13.0. The van der Waals surface area contributed by atoms with Crippen molar-refractivity contribution in [3.8, 4) is 6.07 Å². The minimum absolute atomic E-state index is 0.0797. The van der Waals surface area contributed by atoms with E-state index in [1.54, 1.807) is 51.4 Å². The van der Waals surface area contributed by atoms with Crippen LogP contribution in [-0.2, 0) is 17.4 Å². The molecule has 4 nitrogen and oxygen atoms in total. The Balaban J connectivity index is 2.48. The summed E-state index contributed by atoms with van der Waals surface area (Å²) in [5.74, 6) is -0.328. The van der Waals surface area contributed by atoms with E-state index in [4.69, 9.17) is 16.9 Å². The molecule has 8 heteroatoms. The lowest BCUT2D eigenvalue weighted by Gasteiger charge is -2.33. The fourth-order valence-corrected chi connectivity index (χ4v) is 3.16. The van der Waals surface area contributed by atoms with E-state index in [1.807, 2.05) is 0 Å². The van der Waals surface area contributed by atoms with Gasteiger partial charge in [-0.25, -0.2) is 0 Å². The number of nitrogens with zero attached hydrogens (tertiary/aromatic N) is 2. The van der Waals surface area contributed by atoms with Gasteiger partial charge in [0.1, 0.15) is 5.54 Å². The zero-order chi connectivity index (χ0) is 21.1. The predicted molar refractivity (Wildman–Crippen MR) is 102 cm³/mol. The molecule has 1 atom stereocenters. The third kappa shape index (κ3) is 4.76. The van der Waals surface area contributed by atoms with Gasteiger partial charge in [-0.3, -0.25) is 4.79 Å². The molecule has 148 valence electrons. The van der Waals surface area contributed by atoms with Crippen molar-refractivity contribution in [2.24, 2.45) is 0 Å². The van der Waals surface area contributed by atoms with Crippen LogP contribution in [0.3, 0.4) is 0 Å². The van der Waals surface area contributed by atoms with Crippen molar-refractivity contribution in [3.63, 3.8) is 0 Å². The van der Waals surface area contributed by atoms with Gasteiger partial charge in [0.15, 0.2) is 0 Å². The Hall–Kier alpha value is -2.72. The minimum Gasteiger partial charge on any atom is -0.371 e. The molecule has 0 aromatic heterocycles. The summed E-state index contributed by atoms with van der Waals surface area (Å²) in [6.07, 6.45) is -4.53. The number of alkyl halides is 3. The number of carbonyl (C=O) groups is 1. The molecule has 28 heavy (non-hydrogen) atoms. The number of benzene rings is 2. The van der Waals surface area contributed by atoms with Crippen LogP contribution in [0.1, 0.15) is 23.6 Å². The quantitative estimate of drug-likeness (QED) is 0.776. The molecule has 2 aromatic carbocycles. The van der Waals surface area contributed by atoms with Crippen LogP contribution in [0.5, 0.6) is 0 Å². The Kier molecular flexibility index (Phi) is 6.25. The van der Waals surface area contributed by atoms with Gasteiger partial charge in [0.2, 0.25) is 5.91 Å². The van der Waals surface area contributed by atoms with Crippen LogP contribution in [0.2, 0.25) is 5.02 Å². The number of hydrogen-bond donors (Lipinski definition) is 1. The van der Waals surface area contributed by atoms with E-state index >= 15 is 0 Å². The normalized spacial score (nSPS) is 13.4. The Labute approximate surface area is 166 Å². The van der Waals surface area contributed by atoms with Crippen molar-refractivity contribution in [1.82, 2.24) is 4.90 Å². The largest absolute Gasteiger partial charge is 0.417 e. The van der Waals surface area contributed by atoms with Crippen LogP contribution >= 0.6 is 11.6 Å². The zero-order valence-corrected chi connectivity index (χ0v) is 16.3. The molecule has 0 fully saturated rings. The standard InChI is InChI=1S/C20H19ClF3N3O/c1-19(18(28)27(2)3,11-13-6-4-5-7-17(13)21)26-15-9-8-14(12-25)16(10-15)20(22,23)24/h4-10,26H,11H2,1-3H3/t19-/m0/s1. The highest BCUT2D eigenvalue weighted by atomic mass is 35.5. The molecular formula is C20H19ClF3N3O. The summed E-state index contributed by atoms with van der Waals surface area (Å²) in [5.41, 5.74) is -2.04. The third-order valence-electron chi connectivity index (χ3n) is 4.25. The summed E-state index contributed by atoms with van der Waals surface area (Å²) < 4.78 is 39.8. The Bertz CT molecular complexity index is 922. The Morgan fingerprint density at radius 1 is 1.21 bits per heavy atom. The molecule has 0 spiro atoms. The highest BCUT2D eigenvalue weighted by Crippen LogP contribution is 2.35. The van der Waals surface area contributed by atoms with Gasteiger partial charge >= 0.3 is 6.18 Å². The van der Waals surface area contributed by atoms with E-state index in [0.717, 1.165) is 12.1 Å². The van der Waals surface area contributed by atoms with Gasteiger partial charge in [0, 0.05) is 31.2 Å². The number of nitrogens with one attached hydrogen (secondary N) is 1. The molecule has 0 aliphatic rings. The maximum absolute atomic E-state index is 13.3. The molecule has 0 heterocycles. The van der Waals surface area contributed by atoms with E-state index in [9.17, 15) is 18.0 Å². The lowest BCUT2D eigenvalue weighted by atomic mass is 9.90. The molecule has 1 N–H and O–H groups in total. The van der Waals surface area contributed by atoms with Crippen molar-refractivity contribution in [1.29, 1.82) is 5.26 Å². The minimum atomic E-state index is -4.69. The van der Waals surface area contributed by atoms with Crippen molar-refractivity contribution in [2.45, 2.75) is 25.1 Å². The van der Waals surface area contributed by atoms with Gasteiger partial charge in [0.05, 0.1) is 17.2 Å². The molecule has 0 aliphatic carbocycles. The van der Waals surface area contributed by atoms with E-state index in [0.29, 0.717) is 10.6 Å². The van der Waals surface area contributed by atoms with Crippen LogP contribution < -0.4 is 5.32 Å². The summed E-state index contributed by atoms with van der Waals surface area (Å²) in [6.45, 7) is 1.60. The summed E-state index contributed by atoms with van der Waals surface area (Å²) in [5, 5.41) is 12.3. The average molecular weight is 410 g/mol. The summed E-state index contributed by atoms with van der Waals surface area (Å²) >= 11 is 6.20. The second kappa shape index (κ2) is 8.11. The van der Waals surface area contributed by atoms with E-state index in [1.165, 1.54) is 11.0 Å². The van der Waals surface area contributed by atoms with E-state index < -0.39 is 22.8 Å².